The summed E-state index contributed by atoms with van der Waals surface area (Å²) in [5.74, 6) is -0.729. The highest BCUT2D eigenvalue weighted by Gasteiger charge is 2.27. The molecule has 0 spiro atoms. The van der Waals surface area contributed by atoms with E-state index in [1.807, 2.05) is 0 Å². The van der Waals surface area contributed by atoms with E-state index in [4.69, 9.17) is 10.5 Å². The van der Waals surface area contributed by atoms with E-state index < -0.39 is 18.4 Å². The summed E-state index contributed by atoms with van der Waals surface area (Å²) in [5.41, 5.74) is 5.71. The molecule has 1 aromatic carbocycles. The maximum absolute atomic E-state index is 13.6. The molecule has 9 heteroatoms. The molecular weight excluding hydrogens is 358 g/mol. The minimum Gasteiger partial charge on any atom is -0.370 e. The van der Waals surface area contributed by atoms with Gasteiger partial charge < -0.3 is 26.0 Å². The molecule has 0 unspecified atom stereocenters. The van der Waals surface area contributed by atoms with Crippen LogP contribution in [0.3, 0.4) is 0 Å². The molecule has 0 bridgehead atoms. The number of amides is 2. The topological polar surface area (TPSA) is 96.7 Å². The number of morpholine rings is 1. The van der Waals surface area contributed by atoms with Crippen molar-refractivity contribution in [2.75, 3.05) is 36.5 Å². The minimum absolute atomic E-state index is 0.0216. The summed E-state index contributed by atoms with van der Waals surface area (Å²) in [5, 5.41) is 5.70. The SMILES string of the molecule is NC[C@@H](NC1CCC1)C(=O)Nc1ccc(N2CCOCC2=O)cc1C(F)F. The number of hydrogen-bond acceptors (Lipinski definition) is 5. The summed E-state index contributed by atoms with van der Waals surface area (Å²) in [4.78, 5) is 25.8. The zero-order valence-corrected chi connectivity index (χ0v) is 14.9. The molecule has 4 N–H and O–H groups in total. The first-order valence-corrected chi connectivity index (χ1v) is 9.06. The molecule has 2 aliphatic rings. The van der Waals surface area contributed by atoms with E-state index >= 15 is 0 Å². The summed E-state index contributed by atoms with van der Waals surface area (Å²) in [6, 6.07) is 3.78. The largest absolute Gasteiger partial charge is 0.370 e. The fraction of sp³-hybridized carbons (Fsp3) is 0.556. The third-order valence-electron chi connectivity index (χ3n) is 4.92. The van der Waals surface area contributed by atoms with E-state index in [9.17, 15) is 18.4 Å². The Labute approximate surface area is 156 Å². The summed E-state index contributed by atoms with van der Waals surface area (Å²) < 4.78 is 32.2. The van der Waals surface area contributed by atoms with Crippen LogP contribution in [0.25, 0.3) is 0 Å². The summed E-state index contributed by atoms with van der Waals surface area (Å²) in [6.07, 6.45) is 0.267. The number of ether oxygens (including phenoxy) is 1. The second kappa shape index (κ2) is 8.73. The number of benzene rings is 1. The van der Waals surface area contributed by atoms with Gasteiger partial charge in [-0.2, -0.15) is 0 Å². The Morgan fingerprint density at radius 3 is 2.74 bits per heavy atom. The Kier molecular flexibility index (Phi) is 6.35. The molecule has 1 aliphatic carbocycles. The van der Waals surface area contributed by atoms with Gasteiger partial charge in [-0.25, -0.2) is 8.78 Å². The van der Waals surface area contributed by atoms with E-state index in [1.165, 1.54) is 17.0 Å². The van der Waals surface area contributed by atoms with Crippen LogP contribution in [0.2, 0.25) is 0 Å². The molecule has 1 heterocycles. The lowest BCUT2D eigenvalue weighted by atomic mass is 9.92. The van der Waals surface area contributed by atoms with Gasteiger partial charge in [-0.15, -0.1) is 0 Å². The molecule has 0 aromatic heterocycles. The normalized spacial score (nSPS) is 19.1. The molecule has 7 nitrogen and oxygen atoms in total. The molecule has 1 aromatic rings. The Morgan fingerprint density at radius 1 is 1.37 bits per heavy atom. The summed E-state index contributed by atoms with van der Waals surface area (Å²) in [7, 11) is 0. The van der Waals surface area contributed by atoms with Crippen molar-refractivity contribution in [2.24, 2.45) is 5.73 Å². The summed E-state index contributed by atoms with van der Waals surface area (Å²) in [6.45, 7) is 0.646. The quantitative estimate of drug-likeness (QED) is 0.662. The molecule has 1 aliphatic heterocycles. The van der Waals surface area contributed by atoms with Crippen molar-refractivity contribution in [3.05, 3.63) is 23.8 Å². The van der Waals surface area contributed by atoms with Gasteiger partial charge in [0.05, 0.1) is 12.6 Å². The number of hydrogen-bond donors (Lipinski definition) is 3. The Balaban J connectivity index is 1.75. The highest BCUT2D eigenvalue weighted by molar-refractivity contribution is 5.97. The maximum Gasteiger partial charge on any atom is 0.265 e. The molecular formula is C18H24F2N4O3. The van der Waals surface area contributed by atoms with Crippen molar-refractivity contribution in [1.82, 2.24) is 5.32 Å². The zero-order chi connectivity index (χ0) is 19.4. The number of nitrogens with one attached hydrogen (secondary N) is 2. The van der Waals surface area contributed by atoms with Crippen LogP contribution in [-0.2, 0) is 14.3 Å². The molecule has 1 saturated carbocycles. The van der Waals surface area contributed by atoms with Gasteiger partial charge in [0.15, 0.2) is 0 Å². The van der Waals surface area contributed by atoms with Crippen LogP contribution >= 0.6 is 0 Å². The first kappa shape index (κ1) is 19.7. The van der Waals surface area contributed by atoms with Gasteiger partial charge >= 0.3 is 0 Å². The standard InChI is InChI=1S/C18H24F2N4O3/c19-17(20)13-8-12(24-6-7-27-10-16(24)25)4-5-14(13)23-18(26)15(9-21)22-11-2-1-3-11/h4-5,8,11,15,17,22H,1-3,6-7,9-10,21H2,(H,23,26)/t15-/m1/s1. The molecule has 1 atom stereocenters. The van der Waals surface area contributed by atoms with Crippen molar-refractivity contribution in [3.63, 3.8) is 0 Å². The van der Waals surface area contributed by atoms with Crippen molar-refractivity contribution >= 4 is 23.2 Å². The van der Waals surface area contributed by atoms with Crippen molar-refractivity contribution in [3.8, 4) is 0 Å². The van der Waals surface area contributed by atoms with E-state index in [2.05, 4.69) is 10.6 Å². The monoisotopic (exact) mass is 382 g/mol. The van der Waals surface area contributed by atoms with E-state index in [0.717, 1.165) is 19.3 Å². The van der Waals surface area contributed by atoms with Gasteiger partial charge in [0.1, 0.15) is 6.61 Å². The number of halogens is 2. The van der Waals surface area contributed by atoms with Crippen molar-refractivity contribution < 1.29 is 23.1 Å². The van der Waals surface area contributed by atoms with Gasteiger partial charge in [-0.05, 0) is 31.0 Å². The van der Waals surface area contributed by atoms with Crippen LogP contribution in [0.1, 0.15) is 31.3 Å². The Morgan fingerprint density at radius 2 is 2.15 bits per heavy atom. The first-order chi connectivity index (χ1) is 13.0. The second-order valence-electron chi connectivity index (χ2n) is 6.74. The lowest BCUT2D eigenvalue weighted by Crippen LogP contribution is -2.52. The second-order valence-corrected chi connectivity index (χ2v) is 6.74. The highest BCUT2D eigenvalue weighted by Crippen LogP contribution is 2.32. The van der Waals surface area contributed by atoms with Gasteiger partial charge in [-0.3, -0.25) is 9.59 Å². The van der Waals surface area contributed by atoms with Gasteiger partial charge in [0, 0.05) is 36.1 Å². The van der Waals surface area contributed by atoms with Crippen LogP contribution in [0, 0.1) is 0 Å². The zero-order valence-electron chi connectivity index (χ0n) is 14.9. The lowest BCUT2D eigenvalue weighted by Gasteiger charge is -2.30. The van der Waals surface area contributed by atoms with Crippen LogP contribution in [0.5, 0.6) is 0 Å². The fourth-order valence-corrected chi connectivity index (χ4v) is 3.13. The molecule has 27 heavy (non-hydrogen) atoms. The van der Waals surface area contributed by atoms with Crippen LogP contribution in [0.15, 0.2) is 18.2 Å². The molecule has 3 rings (SSSR count). The molecule has 2 fully saturated rings. The molecule has 148 valence electrons. The molecule has 0 radical (unpaired) electrons. The van der Waals surface area contributed by atoms with Gasteiger partial charge in [-0.1, -0.05) is 6.42 Å². The predicted octanol–water partition coefficient (Wildman–Crippen LogP) is 1.40. The number of alkyl halides is 2. The van der Waals surface area contributed by atoms with E-state index in [0.29, 0.717) is 18.8 Å². The number of anilines is 2. The first-order valence-electron chi connectivity index (χ1n) is 9.06. The van der Waals surface area contributed by atoms with Crippen LogP contribution in [0.4, 0.5) is 20.2 Å². The average molecular weight is 382 g/mol. The fourth-order valence-electron chi connectivity index (χ4n) is 3.13. The number of nitrogens with zero attached hydrogens (tertiary/aromatic N) is 1. The van der Waals surface area contributed by atoms with Gasteiger partial charge in [0.2, 0.25) is 5.91 Å². The van der Waals surface area contributed by atoms with Gasteiger partial charge in [0.25, 0.3) is 12.3 Å². The van der Waals surface area contributed by atoms with Crippen LogP contribution < -0.4 is 21.3 Å². The minimum atomic E-state index is -2.80. The van der Waals surface area contributed by atoms with E-state index in [1.54, 1.807) is 6.07 Å². The Bertz CT molecular complexity index is 697. The van der Waals surface area contributed by atoms with Crippen LogP contribution in [-0.4, -0.2) is 50.2 Å². The van der Waals surface area contributed by atoms with Crippen molar-refractivity contribution in [2.45, 2.75) is 37.8 Å². The number of carbonyl (C=O) groups excluding carboxylic acids is 2. The number of rotatable bonds is 7. The Hall–Kier alpha value is -2.10. The molecule has 1 saturated heterocycles. The summed E-state index contributed by atoms with van der Waals surface area (Å²) >= 11 is 0. The lowest BCUT2D eigenvalue weighted by molar-refractivity contribution is -0.125. The predicted molar refractivity (Wildman–Crippen MR) is 96.8 cm³/mol. The third kappa shape index (κ3) is 4.60. The number of nitrogens with two attached hydrogens (primary N) is 1. The van der Waals surface area contributed by atoms with Crippen molar-refractivity contribution in [1.29, 1.82) is 0 Å². The smallest absolute Gasteiger partial charge is 0.265 e. The maximum atomic E-state index is 13.6. The third-order valence-corrected chi connectivity index (χ3v) is 4.92. The highest BCUT2D eigenvalue weighted by atomic mass is 19.3. The number of carbonyl (C=O) groups is 2. The van der Waals surface area contributed by atoms with E-state index in [-0.39, 0.29) is 36.4 Å². The average Bonchev–Trinajstić information content (AvgIpc) is 2.61. The molecule has 2 amide bonds.